The Morgan fingerprint density at radius 2 is 0.543 bits per heavy atom. The Kier molecular flexibility index (Phi) is 16.7. The molecule has 12 nitrogen and oxygen atoms in total. The van der Waals surface area contributed by atoms with Crippen LogP contribution in [0.2, 0.25) is 0 Å². The maximum absolute atomic E-state index is 7.18. The third-order valence-electron chi connectivity index (χ3n) is 28.9. The first-order valence-corrected chi connectivity index (χ1v) is 47.4. The van der Waals surface area contributed by atoms with Crippen LogP contribution in [0.3, 0.4) is 0 Å². The number of hydrogen-bond acceptors (Lipinski definition) is 8. The van der Waals surface area contributed by atoms with E-state index in [2.05, 4.69) is 467 Å². The highest BCUT2D eigenvalue weighted by Crippen LogP contribution is 2.49. The van der Waals surface area contributed by atoms with E-state index in [0.29, 0.717) is 34.9 Å². The zero-order valence-electron chi connectivity index (χ0n) is 75.0. The number of rotatable bonds is 12. The highest BCUT2D eigenvalue weighted by atomic mass is 16.3. The van der Waals surface area contributed by atoms with Crippen LogP contribution in [-0.2, 0) is 0 Å². The SMILES string of the molecule is c1ccc(-c2cccc(-c3nc(-c4cc5oc6c7ccccc7ccc6c5cc4-n4c5ccccc5c5cc6ccccc6cc54)nc(-c4cccc5c4c4ccccc4n5-c4cccc(-c5ccc6c(-c7nc(-c8ccc9c(c8)c8ccccc8n9-c8ccccc8)nc(-c8cc9oc%10cc%11ccccc%11cc%10c9cc8-n8c9ccccc9c9cc%10ccccc%10cc98)n7)cccc6c5)c4)n3)c2)cc1. The average Bonchev–Trinajstić information content (AvgIpc) is 1.55. The maximum atomic E-state index is 7.18. The standard InChI is InChI=1S/C128H74N10O2/c1-3-27-75(28-4-1)77-36-23-39-87(62-77)123-130-126(134-128(131-123)107-74-120-104(96-59-55-76-29-13-14-43-92(76)122(96)140-120)71-116(107)137-109-51-20-16-45-94(109)101-64-79-30-7-10-33-82(79)68-114(101)137)99-49-26-54-113-121(99)98-47-18-22-53-111(98)136(113)90-42-24-37-78(63-90)85-56-58-91-86(61-85)38-25-48-97(91)125-129-124(88-57-60-112-100(67-88)93-44-15-19-50-108(93)135(112)89-40-5-2-6-41-89)132-127(133-125)106-73-119-105(103-66-81-32-9-12-35-84(81)70-118(103)139-119)72-117(106)138-110-52-21-17-46-95(110)102-65-80-31-8-11-34-83(80)69-115(102)138/h1-74H. The predicted molar refractivity (Wildman–Crippen MR) is 576 cm³/mol. The van der Waals surface area contributed by atoms with Crippen molar-refractivity contribution < 1.29 is 8.83 Å². The van der Waals surface area contributed by atoms with Crippen molar-refractivity contribution in [2.75, 3.05) is 0 Å². The molecule has 0 saturated heterocycles. The Hall–Kier alpha value is -19.0. The lowest BCUT2D eigenvalue weighted by atomic mass is 9.97. The molecule has 0 amide bonds. The highest BCUT2D eigenvalue weighted by molar-refractivity contribution is 6.22. The molecular weight excluding hydrogens is 1710 g/mol. The molecule has 0 N–H and O–H groups in total. The molecule has 140 heavy (non-hydrogen) atoms. The van der Waals surface area contributed by atoms with E-state index in [9.17, 15) is 0 Å². The lowest BCUT2D eigenvalue weighted by Gasteiger charge is -2.16. The Morgan fingerprint density at radius 3 is 1.19 bits per heavy atom. The summed E-state index contributed by atoms with van der Waals surface area (Å²) in [6, 6.07) is 161. The molecule has 0 radical (unpaired) electrons. The lowest BCUT2D eigenvalue weighted by molar-refractivity contribution is 0.669. The average molecular weight is 1780 g/mol. The van der Waals surface area contributed by atoms with Crippen LogP contribution in [-0.4, -0.2) is 48.2 Å². The van der Waals surface area contributed by atoms with Crippen LogP contribution in [0.25, 0.3) is 298 Å². The second-order valence-electron chi connectivity index (χ2n) is 36.8. The van der Waals surface area contributed by atoms with Gasteiger partial charge in [-0.05, 0) is 222 Å². The molecule has 648 valence electrons. The van der Waals surface area contributed by atoms with Crippen molar-refractivity contribution in [3.05, 3.63) is 449 Å². The zero-order chi connectivity index (χ0) is 91.5. The number of aromatic nitrogens is 10. The Bertz CT molecular complexity index is 10600. The fourth-order valence-corrected chi connectivity index (χ4v) is 22.5. The van der Waals surface area contributed by atoms with Crippen LogP contribution in [0, 0.1) is 0 Å². The molecule has 0 aliphatic heterocycles. The van der Waals surface area contributed by atoms with Crippen LogP contribution in [0.1, 0.15) is 0 Å². The van der Waals surface area contributed by atoms with Gasteiger partial charge in [-0.25, -0.2) is 29.9 Å². The predicted octanol–water partition coefficient (Wildman–Crippen LogP) is 33.3. The molecule has 12 heteroatoms. The van der Waals surface area contributed by atoms with Crippen LogP contribution in [0.4, 0.5) is 0 Å². The molecule has 0 bridgehead atoms. The first-order valence-electron chi connectivity index (χ1n) is 47.4. The molecule has 22 aromatic carbocycles. The van der Waals surface area contributed by atoms with Gasteiger partial charge in [0, 0.05) is 115 Å². The van der Waals surface area contributed by atoms with E-state index in [1.165, 1.54) is 10.8 Å². The molecule has 30 rings (SSSR count). The van der Waals surface area contributed by atoms with Gasteiger partial charge in [-0.1, -0.05) is 297 Å². The van der Waals surface area contributed by atoms with Crippen molar-refractivity contribution in [2.24, 2.45) is 0 Å². The smallest absolute Gasteiger partial charge is 0.166 e. The first kappa shape index (κ1) is 77.4. The van der Waals surface area contributed by atoms with Crippen LogP contribution in [0.15, 0.2) is 458 Å². The molecule has 8 heterocycles. The molecule has 0 aliphatic carbocycles. The van der Waals surface area contributed by atoms with E-state index in [1.54, 1.807) is 0 Å². The normalized spacial score (nSPS) is 12.1. The van der Waals surface area contributed by atoms with Crippen LogP contribution < -0.4 is 0 Å². The van der Waals surface area contributed by atoms with E-state index in [0.717, 1.165) is 253 Å². The Morgan fingerprint density at radius 1 is 0.157 bits per heavy atom. The Labute approximate surface area is 798 Å². The van der Waals surface area contributed by atoms with Gasteiger partial charge in [-0.3, -0.25) is 0 Å². The van der Waals surface area contributed by atoms with Crippen molar-refractivity contribution in [2.45, 2.75) is 0 Å². The molecule has 0 fully saturated rings. The minimum Gasteiger partial charge on any atom is -0.456 e. The third kappa shape index (κ3) is 12.0. The second-order valence-corrected chi connectivity index (χ2v) is 36.8. The first-order chi connectivity index (χ1) is 69.3. The van der Waals surface area contributed by atoms with Gasteiger partial charge in [0.25, 0.3) is 0 Å². The number of furan rings is 2. The van der Waals surface area contributed by atoms with Crippen LogP contribution >= 0.6 is 0 Å². The van der Waals surface area contributed by atoms with Gasteiger partial charge in [0.05, 0.1) is 55.5 Å². The van der Waals surface area contributed by atoms with Gasteiger partial charge < -0.3 is 27.1 Å². The monoisotopic (exact) mass is 1780 g/mol. The zero-order valence-corrected chi connectivity index (χ0v) is 75.0. The van der Waals surface area contributed by atoms with Gasteiger partial charge >= 0.3 is 0 Å². The lowest BCUT2D eigenvalue weighted by Crippen LogP contribution is -2.04. The second kappa shape index (κ2) is 30.2. The van der Waals surface area contributed by atoms with Gasteiger partial charge in [0.1, 0.15) is 22.3 Å². The quantitative estimate of drug-likeness (QED) is 0.118. The fourth-order valence-electron chi connectivity index (χ4n) is 22.5. The minimum absolute atomic E-state index is 0.492. The molecule has 0 saturated carbocycles. The summed E-state index contributed by atoms with van der Waals surface area (Å²) in [4.78, 5) is 34.5. The Balaban J connectivity index is 0.592. The number of nitrogens with zero attached hydrogens (tertiary/aromatic N) is 10. The van der Waals surface area contributed by atoms with Crippen LogP contribution in [0.5, 0.6) is 0 Å². The molecule has 0 atom stereocenters. The summed E-state index contributed by atoms with van der Waals surface area (Å²) in [7, 11) is 0. The van der Waals surface area contributed by atoms with Crippen molar-refractivity contribution in [1.82, 2.24) is 48.2 Å². The summed E-state index contributed by atoms with van der Waals surface area (Å²) in [6.07, 6.45) is 0. The van der Waals surface area contributed by atoms with Crippen molar-refractivity contribution in [1.29, 1.82) is 0 Å². The number of hydrogen-bond donors (Lipinski definition) is 0. The topological polar surface area (TPSA) is 123 Å². The van der Waals surface area contributed by atoms with Gasteiger partial charge in [0.15, 0.2) is 34.9 Å². The summed E-state index contributed by atoms with van der Waals surface area (Å²) in [5, 5.41) is 23.8. The molecule has 8 aromatic heterocycles. The molecule has 0 aliphatic rings. The molecule has 0 unspecified atom stereocenters. The molecular formula is C128H74N10O2. The largest absolute Gasteiger partial charge is 0.456 e. The number of benzene rings is 22. The summed E-state index contributed by atoms with van der Waals surface area (Å²) >= 11 is 0. The van der Waals surface area contributed by atoms with Crippen molar-refractivity contribution in [3.63, 3.8) is 0 Å². The van der Waals surface area contributed by atoms with Gasteiger partial charge in [-0.2, -0.15) is 0 Å². The number of para-hydroxylation sites is 5. The molecule has 30 aromatic rings. The van der Waals surface area contributed by atoms with E-state index in [4.69, 9.17) is 38.7 Å². The summed E-state index contributed by atoms with van der Waals surface area (Å²) in [6.45, 7) is 0. The van der Waals surface area contributed by atoms with E-state index < -0.39 is 0 Å². The van der Waals surface area contributed by atoms with Gasteiger partial charge in [0.2, 0.25) is 0 Å². The van der Waals surface area contributed by atoms with E-state index >= 15 is 0 Å². The molecule has 0 spiro atoms. The van der Waals surface area contributed by atoms with E-state index in [1.807, 2.05) is 0 Å². The van der Waals surface area contributed by atoms with Gasteiger partial charge in [-0.15, -0.1) is 0 Å². The third-order valence-corrected chi connectivity index (χ3v) is 28.9. The van der Waals surface area contributed by atoms with Crippen molar-refractivity contribution >= 4 is 185 Å². The fraction of sp³-hybridized carbons (Fsp3) is 0. The summed E-state index contributed by atoms with van der Waals surface area (Å²) in [5.74, 6) is 3.08. The summed E-state index contributed by atoms with van der Waals surface area (Å²) < 4.78 is 23.8. The maximum Gasteiger partial charge on any atom is 0.166 e. The van der Waals surface area contributed by atoms with E-state index in [-0.39, 0.29) is 0 Å². The van der Waals surface area contributed by atoms with Crippen molar-refractivity contribution in [3.8, 4) is 113 Å². The highest BCUT2D eigenvalue weighted by Gasteiger charge is 2.30. The minimum atomic E-state index is 0.492. The number of fused-ring (bicyclic) bond motifs is 24. The summed E-state index contributed by atoms with van der Waals surface area (Å²) in [5.41, 5.74) is 24.5.